The number of carbonyl (C=O) groups is 1. The molecule has 1 saturated heterocycles. The molecule has 0 radical (unpaired) electrons. The number of hydrogen-bond donors (Lipinski definition) is 2. The lowest BCUT2D eigenvalue weighted by Gasteiger charge is -2.34. The summed E-state index contributed by atoms with van der Waals surface area (Å²) in [6.07, 6.45) is 2.47. The van der Waals surface area contributed by atoms with E-state index in [9.17, 15) is 4.79 Å². The van der Waals surface area contributed by atoms with Gasteiger partial charge in [0.15, 0.2) is 0 Å². The Morgan fingerprint density at radius 3 is 2.61 bits per heavy atom. The summed E-state index contributed by atoms with van der Waals surface area (Å²) in [5.41, 5.74) is 5.83. The molecule has 0 aromatic heterocycles. The van der Waals surface area contributed by atoms with E-state index < -0.39 is 6.04 Å². The quantitative estimate of drug-likeness (QED) is 0.784. The molecule has 1 rings (SSSR count). The monoisotopic (exact) mass is 256 g/mol. The Kier molecular flexibility index (Phi) is 6.09. The third kappa shape index (κ3) is 4.25. The molecule has 0 saturated carbocycles. The van der Waals surface area contributed by atoms with Crippen LogP contribution in [-0.4, -0.2) is 31.2 Å². The fourth-order valence-electron chi connectivity index (χ4n) is 2.47. The second-order valence-electron chi connectivity index (χ2n) is 6.00. The van der Waals surface area contributed by atoms with Crippen LogP contribution in [0, 0.1) is 17.8 Å². The Labute approximate surface area is 111 Å². The summed E-state index contributed by atoms with van der Waals surface area (Å²) >= 11 is 0. The molecular weight excluding hydrogens is 228 g/mol. The van der Waals surface area contributed by atoms with Gasteiger partial charge in [0, 0.05) is 19.1 Å². The maximum Gasteiger partial charge on any atom is 0.237 e. The van der Waals surface area contributed by atoms with E-state index in [1.54, 1.807) is 0 Å². The first kappa shape index (κ1) is 15.4. The van der Waals surface area contributed by atoms with Crippen molar-refractivity contribution >= 4 is 5.91 Å². The summed E-state index contributed by atoms with van der Waals surface area (Å²) < 4.78 is 5.81. The first-order chi connectivity index (χ1) is 8.43. The van der Waals surface area contributed by atoms with E-state index in [2.05, 4.69) is 19.2 Å². The fourth-order valence-corrected chi connectivity index (χ4v) is 2.47. The highest BCUT2D eigenvalue weighted by atomic mass is 16.5. The van der Waals surface area contributed by atoms with Crippen LogP contribution >= 0.6 is 0 Å². The molecule has 0 bridgehead atoms. The van der Waals surface area contributed by atoms with Crippen molar-refractivity contribution in [1.82, 2.24) is 5.32 Å². The van der Waals surface area contributed by atoms with Gasteiger partial charge in [0.1, 0.15) is 0 Å². The van der Waals surface area contributed by atoms with Crippen molar-refractivity contribution in [2.45, 2.75) is 52.7 Å². The van der Waals surface area contributed by atoms with Gasteiger partial charge in [0.2, 0.25) is 5.91 Å². The Bertz CT molecular complexity index is 267. The smallest absolute Gasteiger partial charge is 0.237 e. The topological polar surface area (TPSA) is 64.3 Å². The second-order valence-corrected chi connectivity index (χ2v) is 6.00. The normalized spacial score (nSPS) is 26.4. The second kappa shape index (κ2) is 7.10. The lowest BCUT2D eigenvalue weighted by molar-refractivity contribution is -0.124. The molecule has 0 spiro atoms. The number of ether oxygens (including phenoxy) is 1. The lowest BCUT2D eigenvalue weighted by Crippen LogP contribution is -2.48. The number of nitrogens with one attached hydrogen (secondary N) is 1. The predicted octanol–water partition coefficient (Wildman–Crippen LogP) is 1.54. The van der Waals surface area contributed by atoms with Crippen molar-refractivity contribution in [3.63, 3.8) is 0 Å². The molecule has 1 amide bonds. The van der Waals surface area contributed by atoms with Crippen LogP contribution in [0.2, 0.25) is 0 Å². The van der Waals surface area contributed by atoms with Gasteiger partial charge in [-0.3, -0.25) is 4.79 Å². The van der Waals surface area contributed by atoms with Gasteiger partial charge in [0.05, 0.1) is 12.1 Å². The highest BCUT2D eigenvalue weighted by Crippen LogP contribution is 2.25. The SMILES string of the molecule is CC(C)C1OCCCC1CNC(=O)[C@@H](N)C(C)C. The summed E-state index contributed by atoms with van der Waals surface area (Å²) in [7, 11) is 0. The van der Waals surface area contributed by atoms with Gasteiger partial charge in [-0.1, -0.05) is 27.7 Å². The predicted molar refractivity (Wildman–Crippen MR) is 73.1 cm³/mol. The molecule has 0 aromatic carbocycles. The molecule has 1 fully saturated rings. The van der Waals surface area contributed by atoms with Crippen molar-refractivity contribution in [3.8, 4) is 0 Å². The third-order valence-corrected chi connectivity index (χ3v) is 3.71. The summed E-state index contributed by atoms with van der Waals surface area (Å²) in [6, 6.07) is -0.410. The van der Waals surface area contributed by atoms with Crippen LogP contribution in [-0.2, 0) is 9.53 Å². The third-order valence-electron chi connectivity index (χ3n) is 3.71. The van der Waals surface area contributed by atoms with Crippen LogP contribution in [0.15, 0.2) is 0 Å². The average Bonchev–Trinajstić information content (AvgIpc) is 2.35. The van der Waals surface area contributed by atoms with E-state index in [1.807, 2.05) is 13.8 Å². The average molecular weight is 256 g/mol. The highest BCUT2D eigenvalue weighted by molar-refractivity contribution is 5.81. The zero-order valence-electron chi connectivity index (χ0n) is 12.1. The first-order valence-corrected chi connectivity index (χ1v) is 7.08. The fraction of sp³-hybridized carbons (Fsp3) is 0.929. The standard InChI is InChI=1S/C14H28N2O2/c1-9(2)12(15)14(17)16-8-11-6-5-7-18-13(11)10(3)4/h9-13H,5-8,15H2,1-4H3,(H,16,17)/t11?,12-,13?/m0/s1. The number of hydrogen-bond acceptors (Lipinski definition) is 3. The molecule has 0 aromatic rings. The summed E-state index contributed by atoms with van der Waals surface area (Å²) in [5, 5.41) is 2.97. The molecule has 1 heterocycles. The minimum Gasteiger partial charge on any atom is -0.378 e. The van der Waals surface area contributed by atoms with E-state index in [0.717, 1.165) is 19.4 Å². The first-order valence-electron chi connectivity index (χ1n) is 7.08. The zero-order valence-corrected chi connectivity index (χ0v) is 12.1. The Morgan fingerprint density at radius 2 is 2.06 bits per heavy atom. The van der Waals surface area contributed by atoms with Crippen LogP contribution in [0.1, 0.15) is 40.5 Å². The van der Waals surface area contributed by atoms with Crippen LogP contribution < -0.4 is 11.1 Å². The maximum absolute atomic E-state index is 11.8. The largest absolute Gasteiger partial charge is 0.378 e. The minimum absolute atomic E-state index is 0.0434. The van der Waals surface area contributed by atoms with Crippen LogP contribution in [0.5, 0.6) is 0 Å². The minimum atomic E-state index is -0.410. The van der Waals surface area contributed by atoms with Gasteiger partial charge in [-0.05, 0) is 24.7 Å². The number of amides is 1. The zero-order chi connectivity index (χ0) is 13.7. The summed E-state index contributed by atoms with van der Waals surface area (Å²) in [6.45, 7) is 9.80. The van der Waals surface area contributed by atoms with Gasteiger partial charge < -0.3 is 15.8 Å². The van der Waals surface area contributed by atoms with Gasteiger partial charge in [-0.25, -0.2) is 0 Å². The van der Waals surface area contributed by atoms with Crippen molar-refractivity contribution in [3.05, 3.63) is 0 Å². The van der Waals surface area contributed by atoms with Crippen LogP contribution in [0.3, 0.4) is 0 Å². The molecule has 2 unspecified atom stereocenters. The molecule has 4 heteroatoms. The van der Waals surface area contributed by atoms with Crippen LogP contribution in [0.4, 0.5) is 0 Å². The lowest BCUT2D eigenvalue weighted by atomic mass is 9.87. The van der Waals surface area contributed by atoms with Crippen molar-refractivity contribution < 1.29 is 9.53 Å². The molecule has 1 aliphatic heterocycles. The number of nitrogens with two attached hydrogens (primary N) is 1. The van der Waals surface area contributed by atoms with Crippen molar-refractivity contribution in [2.75, 3.05) is 13.2 Å². The molecule has 1 aliphatic rings. The van der Waals surface area contributed by atoms with Crippen LogP contribution in [0.25, 0.3) is 0 Å². The molecule has 3 N–H and O–H groups in total. The molecule has 3 atom stereocenters. The van der Waals surface area contributed by atoms with E-state index >= 15 is 0 Å². The molecular formula is C14H28N2O2. The molecule has 0 aliphatic carbocycles. The number of rotatable bonds is 5. The van der Waals surface area contributed by atoms with E-state index in [0.29, 0.717) is 18.4 Å². The molecule has 106 valence electrons. The highest BCUT2D eigenvalue weighted by Gasteiger charge is 2.29. The van der Waals surface area contributed by atoms with Gasteiger partial charge in [0.25, 0.3) is 0 Å². The van der Waals surface area contributed by atoms with Crippen molar-refractivity contribution in [1.29, 1.82) is 0 Å². The van der Waals surface area contributed by atoms with E-state index in [-0.39, 0.29) is 17.9 Å². The van der Waals surface area contributed by atoms with E-state index in [4.69, 9.17) is 10.5 Å². The van der Waals surface area contributed by atoms with Gasteiger partial charge in [-0.15, -0.1) is 0 Å². The maximum atomic E-state index is 11.8. The summed E-state index contributed by atoms with van der Waals surface area (Å²) in [4.78, 5) is 11.8. The van der Waals surface area contributed by atoms with Gasteiger partial charge in [-0.2, -0.15) is 0 Å². The number of carbonyl (C=O) groups excluding carboxylic acids is 1. The molecule has 18 heavy (non-hydrogen) atoms. The Balaban J connectivity index is 2.43. The van der Waals surface area contributed by atoms with E-state index in [1.165, 1.54) is 0 Å². The Morgan fingerprint density at radius 1 is 1.39 bits per heavy atom. The summed E-state index contributed by atoms with van der Waals surface area (Å²) in [5.74, 6) is 1.04. The Hall–Kier alpha value is -0.610. The molecule has 4 nitrogen and oxygen atoms in total. The van der Waals surface area contributed by atoms with Crippen molar-refractivity contribution in [2.24, 2.45) is 23.5 Å². The van der Waals surface area contributed by atoms with Gasteiger partial charge >= 0.3 is 0 Å².